The molecule has 0 spiro atoms. The summed E-state index contributed by atoms with van der Waals surface area (Å²) in [5, 5.41) is 0. The van der Waals surface area contributed by atoms with Gasteiger partial charge >= 0.3 is 0 Å². The highest BCUT2D eigenvalue weighted by atomic mass is 16.5. The molecule has 0 atom stereocenters. The number of ether oxygens (including phenoxy) is 1. The van der Waals surface area contributed by atoms with Crippen LogP contribution in [0.1, 0.15) is 43.9 Å². The zero-order valence-corrected chi connectivity index (χ0v) is 14.6. The molecule has 0 aliphatic rings. The average Bonchev–Trinajstić information content (AvgIpc) is 2.58. The Morgan fingerprint density at radius 2 is 1.61 bits per heavy atom. The summed E-state index contributed by atoms with van der Waals surface area (Å²) in [6.07, 6.45) is 7.40. The molecule has 2 aromatic carbocycles. The topological polar surface area (TPSA) is 9.23 Å². The first kappa shape index (κ1) is 17.5. The fourth-order valence-electron chi connectivity index (χ4n) is 2.48. The summed E-state index contributed by atoms with van der Waals surface area (Å²) < 4.78 is 6.03. The van der Waals surface area contributed by atoms with Crippen LogP contribution < -0.4 is 0 Å². The summed E-state index contributed by atoms with van der Waals surface area (Å²) in [7, 11) is 0. The molecule has 1 heteroatoms. The van der Waals surface area contributed by atoms with Crippen LogP contribution in [0.2, 0.25) is 0 Å². The Morgan fingerprint density at radius 3 is 2.26 bits per heavy atom. The number of hydrogen-bond donors (Lipinski definition) is 0. The highest BCUT2D eigenvalue weighted by Crippen LogP contribution is 2.18. The van der Waals surface area contributed by atoms with Crippen LogP contribution in [0.25, 0.3) is 6.08 Å². The molecule has 122 valence electrons. The summed E-state index contributed by atoms with van der Waals surface area (Å²) in [6.45, 7) is 7.16. The first-order chi connectivity index (χ1) is 11.1. The standard InChI is InChI=1S/C22H28O/c1-4-19-12-14-21(15-13-19)11-8-18-23-22(2,3)17-16-20-9-6-5-7-10-20/h5-15H,4,16-18H2,1-3H3/b11-8+. The van der Waals surface area contributed by atoms with Crippen LogP contribution in [0.4, 0.5) is 0 Å². The molecular weight excluding hydrogens is 280 g/mol. The van der Waals surface area contributed by atoms with Gasteiger partial charge in [0.1, 0.15) is 0 Å². The second-order valence-electron chi connectivity index (χ2n) is 6.55. The quantitative estimate of drug-likeness (QED) is 0.608. The Bertz CT molecular complexity index is 594. The summed E-state index contributed by atoms with van der Waals surface area (Å²) in [4.78, 5) is 0. The SMILES string of the molecule is CCc1ccc(/C=C/COC(C)(C)CCc2ccccc2)cc1. The van der Waals surface area contributed by atoms with Gasteiger partial charge in [0, 0.05) is 0 Å². The molecule has 1 nitrogen and oxygen atoms in total. The zero-order valence-electron chi connectivity index (χ0n) is 14.6. The van der Waals surface area contributed by atoms with Crippen LogP contribution in [0, 0.1) is 0 Å². The molecule has 0 N–H and O–H groups in total. The van der Waals surface area contributed by atoms with E-state index in [1.807, 2.05) is 0 Å². The lowest BCUT2D eigenvalue weighted by Crippen LogP contribution is -2.25. The van der Waals surface area contributed by atoms with Crippen molar-refractivity contribution >= 4 is 6.08 Å². The van der Waals surface area contributed by atoms with Crippen molar-refractivity contribution in [3.8, 4) is 0 Å². The highest BCUT2D eigenvalue weighted by Gasteiger charge is 2.17. The number of rotatable bonds is 8. The highest BCUT2D eigenvalue weighted by molar-refractivity contribution is 5.49. The van der Waals surface area contributed by atoms with Crippen molar-refractivity contribution in [3.63, 3.8) is 0 Å². The second kappa shape index (κ2) is 8.69. The lowest BCUT2D eigenvalue weighted by Gasteiger charge is -2.24. The van der Waals surface area contributed by atoms with Crippen molar-refractivity contribution in [3.05, 3.63) is 77.4 Å². The van der Waals surface area contributed by atoms with Gasteiger partial charge in [0.05, 0.1) is 12.2 Å². The molecule has 0 bridgehead atoms. The van der Waals surface area contributed by atoms with Gasteiger partial charge in [-0.2, -0.15) is 0 Å². The fourth-order valence-corrected chi connectivity index (χ4v) is 2.48. The van der Waals surface area contributed by atoms with Crippen LogP contribution in [0.5, 0.6) is 0 Å². The van der Waals surface area contributed by atoms with E-state index in [4.69, 9.17) is 4.74 Å². The van der Waals surface area contributed by atoms with Gasteiger partial charge < -0.3 is 4.74 Å². The molecule has 0 aliphatic heterocycles. The van der Waals surface area contributed by atoms with Crippen LogP contribution in [-0.4, -0.2) is 12.2 Å². The van der Waals surface area contributed by atoms with Crippen molar-refractivity contribution in [2.75, 3.05) is 6.61 Å². The van der Waals surface area contributed by atoms with E-state index in [9.17, 15) is 0 Å². The summed E-state index contributed by atoms with van der Waals surface area (Å²) in [5.41, 5.74) is 3.87. The maximum absolute atomic E-state index is 6.03. The van der Waals surface area contributed by atoms with E-state index in [-0.39, 0.29) is 5.60 Å². The van der Waals surface area contributed by atoms with E-state index >= 15 is 0 Å². The maximum atomic E-state index is 6.03. The summed E-state index contributed by atoms with van der Waals surface area (Å²) in [6, 6.07) is 19.3. The molecule has 0 saturated heterocycles. The average molecular weight is 308 g/mol. The summed E-state index contributed by atoms with van der Waals surface area (Å²) in [5.74, 6) is 0. The van der Waals surface area contributed by atoms with E-state index in [0.29, 0.717) is 6.61 Å². The van der Waals surface area contributed by atoms with Gasteiger partial charge in [-0.3, -0.25) is 0 Å². The summed E-state index contributed by atoms with van der Waals surface area (Å²) >= 11 is 0. The Labute approximate surface area is 141 Å². The molecule has 0 amide bonds. The van der Waals surface area contributed by atoms with Crippen molar-refractivity contribution in [1.29, 1.82) is 0 Å². The van der Waals surface area contributed by atoms with Crippen LogP contribution in [0.3, 0.4) is 0 Å². The van der Waals surface area contributed by atoms with Crippen molar-refractivity contribution < 1.29 is 4.74 Å². The van der Waals surface area contributed by atoms with Gasteiger partial charge in [0.25, 0.3) is 0 Å². The molecule has 0 radical (unpaired) electrons. The fraction of sp³-hybridized carbons (Fsp3) is 0.364. The molecule has 0 fully saturated rings. The van der Waals surface area contributed by atoms with Gasteiger partial charge in [0.15, 0.2) is 0 Å². The van der Waals surface area contributed by atoms with Crippen LogP contribution >= 0.6 is 0 Å². The normalized spacial score (nSPS) is 12.0. The molecule has 0 unspecified atom stereocenters. The Morgan fingerprint density at radius 1 is 0.913 bits per heavy atom. The Balaban J connectivity index is 1.76. The monoisotopic (exact) mass is 308 g/mol. The minimum Gasteiger partial charge on any atom is -0.372 e. The third-order valence-electron chi connectivity index (χ3n) is 4.13. The van der Waals surface area contributed by atoms with E-state index in [0.717, 1.165) is 19.3 Å². The number of aryl methyl sites for hydroxylation is 2. The Kier molecular flexibility index (Phi) is 6.61. The number of hydrogen-bond acceptors (Lipinski definition) is 1. The van der Waals surface area contributed by atoms with Gasteiger partial charge in [-0.25, -0.2) is 0 Å². The Hall–Kier alpha value is -1.86. The molecule has 2 aromatic rings. The van der Waals surface area contributed by atoms with E-state index in [1.165, 1.54) is 16.7 Å². The van der Waals surface area contributed by atoms with E-state index in [1.54, 1.807) is 0 Å². The molecule has 23 heavy (non-hydrogen) atoms. The third kappa shape index (κ3) is 6.42. The minimum absolute atomic E-state index is 0.105. The predicted molar refractivity (Wildman–Crippen MR) is 99.6 cm³/mol. The molecule has 0 heterocycles. The smallest absolute Gasteiger partial charge is 0.0657 e. The van der Waals surface area contributed by atoms with Crippen molar-refractivity contribution in [1.82, 2.24) is 0 Å². The van der Waals surface area contributed by atoms with Crippen molar-refractivity contribution in [2.24, 2.45) is 0 Å². The maximum Gasteiger partial charge on any atom is 0.0657 e. The van der Waals surface area contributed by atoms with E-state index in [2.05, 4.69) is 87.5 Å². The minimum atomic E-state index is -0.105. The first-order valence-electron chi connectivity index (χ1n) is 8.52. The van der Waals surface area contributed by atoms with Gasteiger partial charge in [-0.15, -0.1) is 0 Å². The van der Waals surface area contributed by atoms with Gasteiger partial charge in [-0.05, 0) is 49.8 Å². The van der Waals surface area contributed by atoms with Crippen molar-refractivity contribution in [2.45, 2.75) is 45.6 Å². The molecule has 0 aliphatic carbocycles. The molecule has 0 aromatic heterocycles. The lowest BCUT2D eigenvalue weighted by atomic mass is 9.98. The number of benzene rings is 2. The van der Waals surface area contributed by atoms with Crippen LogP contribution in [-0.2, 0) is 17.6 Å². The predicted octanol–water partition coefficient (Wildman–Crippen LogP) is 5.69. The van der Waals surface area contributed by atoms with Gasteiger partial charge in [0.2, 0.25) is 0 Å². The van der Waals surface area contributed by atoms with Crippen LogP contribution in [0.15, 0.2) is 60.7 Å². The lowest BCUT2D eigenvalue weighted by molar-refractivity contribution is -0.00672. The second-order valence-corrected chi connectivity index (χ2v) is 6.55. The molecule has 0 saturated carbocycles. The largest absolute Gasteiger partial charge is 0.372 e. The molecular formula is C22H28O. The zero-order chi connectivity index (χ0) is 16.5. The van der Waals surface area contributed by atoms with E-state index < -0.39 is 0 Å². The first-order valence-corrected chi connectivity index (χ1v) is 8.52. The van der Waals surface area contributed by atoms with Gasteiger partial charge in [-0.1, -0.05) is 73.7 Å². The molecule has 2 rings (SSSR count). The third-order valence-corrected chi connectivity index (χ3v) is 4.13.